The van der Waals surface area contributed by atoms with Gasteiger partial charge in [-0.25, -0.2) is 9.97 Å². The van der Waals surface area contributed by atoms with Crippen LogP contribution < -0.4 is 0 Å². The lowest BCUT2D eigenvalue weighted by Crippen LogP contribution is -2.29. The second-order valence-corrected chi connectivity index (χ2v) is 6.77. The van der Waals surface area contributed by atoms with E-state index < -0.39 is 0 Å². The molecule has 4 heteroatoms. The molecule has 2 bridgehead atoms. The predicted molar refractivity (Wildman–Crippen MR) is 77.1 cm³/mol. The smallest absolute Gasteiger partial charge is 0.144 e. The van der Waals surface area contributed by atoms with Crippen molar-refractivity contribution in [2.45, 2.75) is 39.2 Å². The Kier molecular flexibility index (Phi) is 3.77. The summed E-state index contributed by atoms with van der Waals surface area (Å²) in [6.45, 7) is 3.94. The van der Waals surface area contributed by atoms with Crippen molar-refractivity contribution in [1.29, 1.82) is 0 Å². The Morgan fingerprint density at radius 3 is 2.79 bits per heavy atom. The molecule has 2 aliphatic carbocycles. The van der Waals surface area contributed by atoms with E-state index in [1.54, 1.807) is 6.07 Å². The van der Waals surface area contributed by atoms with Crippen molar-refractivity contribution >= 4 is 11.6 Å². The van der Waals surface area contributed by atoms with Crippen molar-refractivity contribution < 1.29 is 0 Å². The van der Waals surface area contributed by atoms with Gasteiger partial charge in [-0.05, 0) is 57.1 Å². The molecule has 0 amide bonds. The van der Waals surface area contributed by atoms with Crippen LogP contribution in [0, 0.1) is 24.7 Å². The molecule has 0 N–H and O–H groups in total. The van der Waals surface area contributed by atoms with Gasteiger partial charge >= 0.3 is 0 Å². The van der Waals surface area contributed by atoms with Crippen molar-refractivity contribution in [2.75, 3.05) is 13.6 Å². The Bertz CT molecular complexity index is 442. The molecule has 2 aliphatic rings. The minimum Gasteiger partial charge on any atom is -0.299 e. The summed E-state index contributed by atoms with van der Waals surface area (Å²) in [5, 5.41) is 0.552. The van der Waals surface area contributed by atoms with Crippen LogP contribution in [0.25, 0.3) is 0 Å². The van der Waals surface area contributed by atoms with Gasteiger partial charge in [0, 0.05) is 12.2 Å². The average molecular weight is 280 g/mol. The van der Waals surface area contributed by atoms with Gasteiger partial charge in [-0.15, -0.1) is 0 Å². The third-order valence-electron chi connectivity index (χ3n) is 4.71. The summed E-state index contributed by atoms with van der Waals surface area (Å²) in [6.07, 6.45) is 5.84. The van der Waals surface area contributed by atoms with Crippen LogP contribution in [0.2, 0.25) is 5.15 Å². The zero-order valence-electron chi connectivity index (χ0n) is 11.8. The Labute approximate surface area is 120 Å². The first kappa shape index (κ1) is 13.3. The van der Waals surface area contributed by atoms with E-state index in [4.69, 9.17) is 11.6 Å². The van der Waals surface area contributed by atoms with Crippen LogP contribution in [0.3, 0.4) is 0 Å². The summed E-state index contributed by atoms with van der Waals surface area (Å²) in [7, 11) is 2.17. The molecular formula is C15H22ClN3. The van der Waals surface area contributed by atoms with Crippen LogP contribution in [0.1, 0.15) is 37.2 Å². The van der Waals surface area contributed by atoms with E-state index in [1.165, 1.54) is 32.2 Å². The van der Waals surface area contributed by atoms with Gasteiger partial charge < -0.3 is 0 Å². The minimum atomic E-state index is 0.552. The second-order valence-electron chi connectivity index (χ2n) is 6.38. The zero-order valence-corrected chi connectivity index (χ0v) is 12.5. The Hall–Kier alpha value is -0.670. The van der Waals surface area contributed by atoms with Gasteiger partial charge in [-0.3, -0.25) is 4.90 Å². The van der Waals surface area contributed by atoms with Crippen molar-refractivity contribution in [3.05, 3.63) is 22.7 Å². The minimum absolute atomic E-state index is 0.552. The molecule has 19 heavy (non-hydrogen) atoms. The van der Waals surface area contributed by atoms with Crippen molar-refractivity contribution in [2.24, 2.45) is 17.8 Å². The Morgan fingerprint density at radius 2 is 2.16 bits per heavy atom. The van der Waals surface area contributed by atoms with Gasteiger partial charge in [-0.1, -0.05) is 18.0 Å². The lowest BCUT2D eigenvalue weighted by atomic mass is 9.88. The number of fused-ring (bicyclic) bond motifs is 2. The summed E-state index contributed by atoms with van der Waals surface area (Å²) in [6, 6.07) is 1.81. The third-order valence-corrected chi connectivity index (χ3v) is 4.90. The third kappa shape index (κ3) is 3.09. The fourth-order valence-corrected chi connectivity index (χ4v) is 4.22. The summed E-state index contributed by atoms with van der Waals surface area (Å²) in [5.74, 6) is 3.74. The largest absolute Gasteiger partial charge is 0.299 e. The molecule has 1 heterocycles. The predicted octanol–water partition coefficient (Wildman–Crippen LogP) is 3.31. The fourth-order valence-electron chi connectivity index (χ4n) is 3.97. The molecule has 2 fully saturated rings. The lowest BCUT2D eigenvalue weighted by Gasteiger charge is -2.26. The fraction of sp³-hybridized carbons (Fsp3) is 0.733. The first-order chi connectivity index (χ1) is 9.10. The number of aromatic nitrogens is 2. The van der Waals surface area contributed by atoms with E-state index in [1.807, 2.05) is 6.92 Å². The molecule has 0 radical (unpaired) electrons. The van der Waals surface area contributed by atoms with E-state index in [0.717, 1.165) is 35.8 Å². The van der Waals surface area contributed by atoms with Crippen molar-refractivity contribution in [3.63, 3.8) is 0 Å². The number of hydrogen-bond donors (Lipinski definition) is 0. The first-order valence-electron chi connectivity index (χ1n) is 7.29. The molecule has 3 unspecified atom stereocenters. The molecule has 104 valence electrons. The van der Waals surface area contributed by atoms with Gasteiger partial charge in [0.25, 0.3) is 0 Å². The van der Waals surface area contributed by atoms with Crippen LogP contribution in [-0.2, 0) is 6.54 Å². The standard InChI is InChI=1S/C15H22ClN3/c1-10-5-14(16)18-15(17-10)9-19(2)8-13-7-11-3-4-12(13)6-11/h5,11-13H,3-4,6-9H2,1-2H3. The number of halogens is 1. The topological polar surface area (TPSA) is 29.0 Å². The van der Waals surface area contributed by atoms with Crippen LogP contribution >= 0.6 is 11.6 Å². The summed E-state index contributed by atoms with van der Waals surface area (Å²) in [4.78, 5) is 11.1. The molecule has 3 nitrogen and oxygen atoms in total. The van der Waals surface area contributed by atoms with Crippen LogP contribution in [0.15, 0.2) is 6.07 Å². The SMILES string of the molecule is Cc1cc(Cl)nc(CN(C)CC2CC3CCC2C3)n1. The van der Waals surface area contributed by atoms with Gasteiger partial charge in [0.1, 0.15) is 11.0 Å². The summed E-state index contributed by atoms with van der Waals surface area (Å²) >= 11 is 5.99. The highest BCUT2D eigenvalue weighted by molar-refractivity contribution is 6.29. The van der Waals surface area contributed by atoms with Gasteiger partial charge in [0.05, 0.1) is 6.54 Å². The molecule has 0 saturated heterocycles. The maximum absolute atomic E-state index is 5.99. The van der Waals surface area contributed by atoms with E-state index in [0.29, 0.717) is 5.15 Å². The molecule has 3 atom stereocenters. The van der Waals surface area contributed by atoms with Crippen LogP contribution in [0.5, 0.6) is 0 Å². The summed E-state index contributed by atoms with van der Waals surface area (Å²) in [5.41, 5.74) is 0.948. The van der Waals surface area contributed by atoms with Crippen molar-refractivity contribution in [1.82, 2.24) is 14.9 Å². The van der Waals surface area contributed by atoms with E-state index in [-0.39, 0.29) is 0 Å². The maximum Gasteiger partial charge on any atom is 0.144 e. The van der Waals surface area contributed by atoms with Gasteiger partial charge in [0.15, 0.2) is 0 Å². The number of rotatable bonds is 4. The number of nitrogens with zero attached hydrogens (tertiary/aromatic N) is 3. The molecule has 1 aromatic rings. The molecular weight excluding hydrogens is 258 g/mol. The highest BCUT2D eigenvalue weighted by Crippen LogP contribution is 2.48. The van der Waals surface area contributed by atoms with Crippen LogP contribution in [-0.4, -0.2) is 28.5 Å². The first-order valence-corrected chi connectivity index (χ1v) is 7.66. The van der Waals surface area contributed by atoms with E-state index in [2.05, 4.69) is 21.9 Å². The molecule has 0 aromatic carbocycles. The van der Waals surface area contributed by atoms with Gasteiger partial charge in [-0.2, -0.15) is 0 Å². The molecule has 3 rings (SSSR count). The Balaban J connectivity index is 1.57. The molecule has 2 saturated carbocycles. The Morgan fingerprint density at radius 1 is 1.32 bits per heavy atom. The highest BCUT2D eigenvalue weighted by atomic mass is 35.5. The van der Waals surface area contributed by atoms with E-state index >= 15 is 0 Å². The normalized spacial score (nSPS) is 29.4. The molecule has 0 spiro atoms. The maximum atomic E-state index is 5.99. The quantitative estimate of drug-likeness (QED) is 0.792. The average Bonchev–Trinajstić information content (AvgIpc) is 2.88. The van der Waals surface area contributed by atoms with E-state index in [9.17, 15) is 0 Å². The number of hydrogen-bond acceptors (Lipinski definition) is 3. The van der Waals surface area contributed by atoms with Crippen molar-refractivity contribution in [3.8, 4) is 0 Å². The number of aryl methyl sites for hydroxylation is 1. The molecule has 1 aromatic heterocycles. The highest BCUT2D eigenvalue weighted by Gasteiger charge is 2.39. The van der Waals surface area contributed by atoms with Crippen LogP contribution in [0.4, 0.5) is 0 Å². The summed E-state index contributed by atoms with van der Waals surface area (Å²) < 4.78 is 0. The lowest BCUT2D eigenvalue weighted by molar-refractivity contribution is 0.211. The second kappa shape index (κ2) is 5.37. The van der Waals surface area contributed by atoms with Gasteiger partial charge in [0.2, 0.25) is 0 Å². The zero-order chi connectivity index (χ0) is 13.4. The molecule has 0 aliphatic heterocycles. The monoisotopic (exact) mass is 279 g/mol.